The Morgan fingerprint density at radius 1 is 1.24 bits per heavy atom. The number of para-hydroxylation sites is 1. The zero-order chi connectivity index (χ0) is 23.8. The van der Waals surface area contributed by atoms with E-state index in [9.17, 15) is 14.4 Å². The third-order valence-electron chi connectivity index (χ3n) is 6.70. The second-order valence-electron chi connectivity index (χ2n) is 8.93. The summed E-state index contributed by atoms with van der Waals surface area (Å²) in [5, 5.41) is 0. The standard InChI is InChI=1S/C25H36N2O6/c1-26(14-12-19-9-6-7-16-33-19)22(28)17-25(20-10-4-5-11-21(20)32-3)18-23(29)27(24(25)30)13-8-15-31-2/h4-5,10-11,19H,6-9,12-18H2,1-3H3/t19-,25+/m0/s1. The molecule has 8 nitrogen and oxygen atoms in total. The highest BCUT2D eigenvalue weighted by Gasteiger charge is 2.55. The number of imide groups is 1. The fraction of sp³-hybridized carbons (Fsp3) is 0.640. The van der Waals surface area contributed by atoms with Crippen LogP contribution in [-0.4, -0.2) is 81.2 Å². The van der Waals surface area contributed by atoms with Crippen molar-refractivity contribution < 1.29 is 28.6 Å². The van der Waals surface area contributed by atoms with Gasteiger partial charge in [-0.3, -0.25) is 19.3 Å². The van der Waals surface area contributed by atoms with Crippen LogP contribution in [0.1, 0.15) is 50.5 Å². The molecule has 0 aromatic heterocycles. The molecule has 3 rings (SSSR count). The van der Waals surface area contributed by atoms with E-state index in [1.54, 1.807) is 37.3 Å². The molecule has 0 aliphatic carbocycles. The third-order valence-corrected chi connectivity index (χ3v) is 6.70. The van der Waals surface area contributed by atoms with E-state index in [4.69, 9.17) is 14.2 Å². The van der Waals surface area contributed by atoms with Crippen LogP contribution >= 0.6 is 0 Å². The Bertz CT molecular complexity index is 838. The first-order valence-electron chi connectivity index (χ1n) is 11.8. The highest BCUT2D eigenvalue weighted by atomic mass is 16.5. The fourth-order valence-electron chi connectivity index (χ4n) is 4.77. The molecule has 0 bridgehead atoms. The predicted octanol–water partition coefficient (Wildman–Crippen LogP) is 2.54. The molecule has 33 heavy (non-hydrogen) atoms. The lowest BCUT2D eigenvalue weighted by molar-refractivity contribution is -0.142. The number of nitrogens with zero attached hydrogens (tertiary/aromatic N) is 2. The van der Waals surface area contributed by atoms with Crippen molar-refractivity contribution in [3.63, 3.8) is 0 Å². The van der Waals surface area contributed by atoms with Gasteiger partial charge in [0.1, 0.15) is 5.75 Å². The molecule has 2 saturated heterocycles. The van der Waals surface area contributed by atoms with Crippen molar-refractivity contribution in [2.24, 2.45) is 0 Å². The summed E-state index contributed by atoms with van der Waals surface area (Å²) in [5.41, 5.74) is -0.693. The first kappa shape index (κ1) is 25.2. The number of likely N-dealkylation sites (tertiary alicyclic amines) is 1. The van der Waals surface area contributed by atoms with Crippen molar-refractivity contribution in [3.8, 4) is 5.75 Å². The summed E-state index contributed by atoms with van der Waals surface area (Å²) in [7, 11) is 4.86. The van der Waals surface area contributed by atoms with E-state index in [1.807, 2.05) is 6.07 Å². The second kappa shape index (κ2) is 11.6. The molecule has 0 spiro atoms. The molecule has 8 heteroatoms. The van der Waals surface area contributed by atoms with E-state index in [0.29, 0.717) is 30.9 Å². The highest BCUT2D eigenvalue weighted by Crippen LogP contribution is 2.44. The molecule has 0 unspecified atom stereocenters. The maximum atomic E-state index is 13.7. The molecule has 0 saturated carbocycles. The van der Waals surface area contributed by atoms with Gasteiger partial charge in [-0.05, 0) is 38.2 Å². The normalized spacial score (nSPS) is 23.1. The summed E-state index contributed by atoms with van der Waals surface area (Å²) < 4.78 is 16.4. The van der Waals surface area contributed by atoms with Crippen LogP contribution in [0.5, 0.6) is 5.75 Å². The van der Waals surface area contributed by atoms with Gasteiger partial charge in [0.25, 0.3) is 0 Å². The molecule has 2 aliphatic heterocycles. The quantitative estimate of drug-likeness (QED) is 0.373. The third kappa shape index (κ3) is 5.73. The summed E-state index contributed by atoms with van der Waals surface area (Å²) >= 11 is 0. The Kier molecular flexibility index (Phi) is 8.86. The van der Waals surface area contributed by atoms with E-state index in [1.165, 1.54) is 12.0 Å². The summed E-state index contributed by atoms with van der Waals surface area (Å²) in [6.45, 7) is 2.04. The number of hydrogen-bond acceptors (Lipinski definition) is 6. The van der Waals surface area contributed by atoms with E-state index in [2.05, 4.69) is 0 Å². The summed E-state index contributed by atoms with van der Waals surface area (Å²) in [6, 6.07) is 7.16. The van der Waals surface area contributed by atoms with Gasteiger partial charge in [0.15, 0.2) is 0 Å². The molecule has 182 valence electrons. The van der Waals surface area contributed by atoms with Gasteiger partial charge in [-0.1, -0.05) is 18.2 Å². The molecule has 0 radical (unpaired) electrons. The Morgan fingerprint density at radius 3 is 2.73 bits per heavy atom. The van der Waals surface area contributed by atoms with Gasteiger partial charge in [0, 0.05) is 58.9 Å². The first-order valence-corrected chi connectivity index (χ1v) is 11.8. The number of carbonyl (C=O) groups excluding carboxylic acids is 3. The van der Waals surface area contributed by atoms with Crippen LogP contribution in [0.2, 0.25) is 0 Å². The Hall–Kier alpha value is -2.45. The zero-order valence-corrected chi connectivity index (χ0v) is 20.0. The van der Waals surface area contributed by atoms with E-state index >= 15 is 0 Å². The number of amides is 3. The van der Waals surface area contributed by atoms with Gasteiger partial charge in [-0.15, -0.1) is 0 Å². The lowest BCUT2D eigenvalue weighted by Gasteiger charge is -2.31. The predicted molar refractivity (Wildman–Crippen MR) is 123 cm³/mol. The molecule has 2 aliphatic rings. The Balaban J connectivity index is 1.81. The lowest BCUT2D eigenvalue weighted by Crippen LogP contribution is -2.43. The van der Waals surface area contributed by atoms with Gasteiger partial charge in [0.05, 0.1) is 18.6 Å². The molecular formula is C25H36N2O6. The zero-order valence-electron chi connectivity index (χ0n) is 20.0. The van der Waals surface area contributed by atoms with Crippen molar-refractivity contribution in [2.45, 2.75) is 56.5 Å². The molecule has 1 aromatic carbocycles. The minimum Gasteiger partial charge on any atom is -0.496 e. The summed E-state index contributed by atoms with van der Waals surface area (Å²) in [5.74, 6) is -0.279. The van der Waals surface area contributed by atoms with Crippen molar-refractivity contribution in [1.82, 2.24) is 9.80 Å². The van der Waals surface area contributed by atoms with Crippen LogP contribution in [-0.2, 0) is 29.3 Å². The highest BCUT2D eigenvalue weighted by molar-refractivity contribution is 6.11. The largest absolute Gasteiger partial charge is 0.496 e. The molecular weight excluding hydrogens is 424 g/mol. The van der Waals surface area contributed by atoms with Crippen molar-refractivity contribution in [2.75, 3.05) is 47.6 Å². The van der Waals surface area contributed by atoms with Crippen LogP contribution in [0.15, 0.2) is 24.3 Å². The van der Waals surface area contributed by atoms with E-state index in [-0.39, 0.29) is 43.2 Å². The Labute approximate surface area is 196 Å². The van der Waals surface area contributed by atoms with Crippen molar-refractivity contribution in [1.29, 1.82) is 0 Å². The van der Waals surface area contributed by atoms with Crippen LogP contribution in [0.3, 0.4) is 0 Å². The smallest absolute Gasteiger partial charge is 0.241 e. The van der Waals surface area contributed by atoms with E-state index in [0.717, 1.165) is 32.3 Å². The molecule has 2 fully saturated rings. The summed E-state index contributed by atoms with van der Waals surface area (Å²) in [6.07, 6.45) is 4.59. The minimum absolute atomic E-state index is 0.0511. The maximum absolute atomic E-state index is 13.7. The van der Waals surface area contributed by atoms with Crippen molar-refractivity contribution >= 4 is 17.7 Å². The average molecular weight is 461 g/mol. The van der Waals surface area contributed by atoms with Gasteiger partial charge in [-0.2, -0.15) is 0 Å². The lowest BCUT2D eigenvalue weighted by atomic mass is 9.75. The van der Waals surface area contributed by atoms with Gasteiger partial charge in [0.2, 0.25) is 17.7 Å². The van der Waals surface area contributed by atoms with Crippen LogP contribution in [0.25, 0.3) is 0 Å². The molecule has 3 amide bonds. The second-order valence-corrected chi connectivity index (χ2v) is 8.93. The van der Waals surface area contributed by atoms with Crippen LogP contribution < -0.4 is 4.74 Å². The average Bonchev–Trinajstić information content (AvgIpc) is 3.07. The summed E-state index contributed by atoms with van der Waals surface area (Å²) in [4.78, 5) is 42.9. The topological polar surface area (TPSA) is 85.4 Å². The number of ether oxygens (including phenoxy) is 3. The minimum atomic E-state index is -1.27. The molecule has 0 N–H and O–H groups in total. The number of benzene rings is 1. The number of hydrogen-bond donors (Lipinski definition) is 0. The molecule has 1 aromatic rings. The Morgan fingerprint density at radius 2 is 2.03 bits per heavy atom. The fourth-order valence-corrected chi connectivity index (χ4v) is 4.77. The SMILES string of the molecule is COCCCN1C(=O)C[C@](CC(=O)N(C)CC[C@@H]2CCCCO2)(c2ccccc2OC)C1=O. The molecule has 2 atom stereocenters. The number of methoxy groups -OCH3 is 2. The van der Waals surface area contributed by atoms with Gasteiger partial charge < -0.3 is 19.1 Å². The maximum Gasteiger partial charge on any atom is 0.241 e. The van der Waals surface area contributed by atoms with Crippen molar-refractivity contribution in [3.05, 3.63) is 29.8 Å². The number of carbonyl (C=O) groups is 3. The first-order chi connectivity index (χ1) is 15.9. The van der Waals surface area contributed by atoms with Crippen LogP contribution in [0.4, 0.5) is 0 Å². The van der Waals surface area contributed by atoms with Crippen LogP contribution in [0, 0.1) is 0 Å². The van der Waals surface area contributed by atoms with E-state index < -0.39 is 5.41 Å². The molecule has 2 heterocycles. The monoisotopic (exact) mass is 460 g/mol. The number of rotatable bonds is 11. The van der Waals surface area contributed by atoms with Gasteiger partial charge in [-0.25, -0.2) is 0 Å². The van der Waals surface area contributed by atoms with Gasteiger partial charge >= 0.3 is 0 Å².